The van der Waals surface area contributed by atoms with Crippen molar-refractivity contribution in [2.75, 3.05) is 5.32 Å². The molecule has 8 heteroatoms. The minimum Gasteiger partial charge on any atom is -0.327 e. The molecule has 0 bridgehead atoms. The Bertz CT molecular complexity index is 1010. The second kappa shape index (κ2) is 7.51. The summed E-state index contributed by atoms with van der Waals surface area (Å²) in [5.74, 6) is -0.398. The maximum atomic E-state index is 13.0. The van der Waals surface area contributed by atoms with Gasteiger partial charge in [0.1, 0.15) is 0 Å². The molecule has 1 heterocycles. The number of carbonyl (C=O) groups excluding carboxylic acids is 2. The molecule has 0 spiro atoms. The van der Waals surface area contributed by atoms with E-state index in [1.807, 2.05) is 26.0 Å². The van der Waals surface area contributed by atoms with Gasteiger partial charge in [-0.2, -0.15) is 0 Å². The number of aryl methyl sites for hydroxylation is 2. The molecule has 0 fully saturated rings. The maximum Gasteiger partial charge on any atom is 0.319 e. The maximum absolute atomic E-state index is 13.0. The molecule has 144 valence electrons. The van der Waals surface area contributed by atoms with Crippen LogP contribution in [0.4, 0.5) is 16.2 Å². The highest BCUT2D eigenvalue weighted by Crippen LogP contribution is 2.30. The van der Waals surface area contributed by atoms with Crippen LogP contribution >= 0.6 is 0 Å². The molecule has 1 atom stereocenters. The van der Waals surface area contributed by atoms with Crippen molar-refractivity contribution >= 4 is 23.3 Å². The van der Waals surface area contributed by atoms with Gasteiger partial charge in [0.05, 0.1) is 16.5 Å². The Morgan fingerprint density at radius 3 is 2.54 bits per heavy atom. The Morgan fingerprint density at radius 1 is 1.11 bits per heavy atom. The molecule has 28 heavy (non-hydrogen) atoms. The topological polar surface area (TPSA) is 113 Å². The van der Waals surface area contributed by atoms with Crippen LogP contribution in [0.5, 0.6) is 0 Å². The predicted molar refractivity (Wildman–Crippen MR) is 105 cm³/mol. The summed E-state index contributed by atoms with van der Waals surface area (Å²) in [6, 6.07) is 10.2. The highest BCUT2D eigenvalue weighted by atomic mass is 16.6. The van der Waals surface area contributed by atoms with Crippen molar-refractivity contribution in [3.8, 4) is 0 Å². The molecule has 1 aliphatic rings. The average molecular weight is 380 g/mol. The summed E-state index contributed by atoms with van der Waals surface area (Å²) >= 11 is 0. The predicted octanol–water partition coefficient (Wildman–Crippen LogP) is 3.48. The van der Waals surface area contributed by atoms with E-state index in [9.17, 15) is 19.7 Å². The van der Waals surface area contributed by atoms with Gasteiger partial charge in [0.15, 0.2) is 0 Å². The van der Waals surface area contributed by atoms with Crippen LogP contribution in [0.2, 0.25) is 0 Å². The number of anilines is 1. The number of nitro groups is 1. The summed E-state index contributed by atoms with van der Waals surface area (Å²) in [5.41, 5.74) is 3.79. The van der Waals surface area contributed by atoms with Gasteiger partial charge < -0.3 is 16.0 Å². The van der Waals surface area contributed by atoms with Gasteiger partial charge in [-0.25, -0.2) is 4.79 Å². The van der Waals surface area contributed by atoms with E-state index < -0.39 is 22.9 Å². The van der Waals surface area contributed by atoms with Crippen LogP contribution in [0.15, 0.2) is 53.7 Å². The Hall–Kier alpha value is -3.68. The van der Waals surface area contributed by atoms with Crippen molar-refractivity contribution in [3.05, 3.63) is 80.5 Å². The largest absolute Gasteiger partial charge is 0.327 e. The molecular formula is C20H20N4O4. The first-order chi connectivity index (χ1) is 13.3. The summed E-state index contributed by atoms with van der Waals surface area (Å²) in [4.78, 5) is 35.5. The number of allylic oxidation sites excluding steroid dienone is 1. The van der Waals surface area contributed by atoms with E-state index >= 15 is 0 Å². The van der Waals surface area contributed by atoms with E-state index in [0.717, 1.165) is 11.1 Å². The smallest absolute Gasteiger partial charge is 0.319 e. The molecule has 1 aliphatic heterocycles. The Balaban J connectivity index is 1.97. The van der Waals surface area contributed by atoms with E-state index in [2.05, 4.69) is 16.0 Å². The third kappa shape index (κ3) is 3.85. The third-order valence-corrected chi connectivity index (χ3v) is 4.69. The molecule has 2 aromatic carbocycles. The molecule has 0 aromatic heterocycles. The number of nitrogens with zero attached hydrogens (tertiary/aromatic N) is 1. The number of hydrogen-bond acceptors (Lipinski definition) is 4. The standard InChI is InChI=1S/C20H20N4O4/c1-11-7-8-15(9-12(11)2)22-19(25)17-13(3)21-20(26)23-18(17)14-5-4-6-16(10-14)24(27)28/h4-10,18H,1-3H3,(H,22,25)(H2,21,23,26). The lowest BCUT2D eigenvalue weighted by Crippen LogP contribution is -2.46. The first-order valence-corrected chi connectivity index (χ1v) is 8.67. The molecule has 0 radical (unpaired) electrons. The Labute approximate surface area is 161 Å². The van der Waals surface area contributed by atoms with Crippen LogP contribution < -0.4 is 16.0 Å². The molecule has 0 saturated carbocycles. The number of non-ortho nitro benzene ring substituents is 1. The lowest BCUT2D eigenvalue weighted by Gasteiger charge is -2.28. The zero-order valence-corrected chi connectivity index (χ0v) is 15.7. The summed E-state index contributed by atoms with van der Waals surface area (Å²) in [7, 11) is 0. The number of hydrogen-bond donors (Lipinski definition) is 3. The third-order valence-electron chi connectivity index (χ3n) is 4.69. The lowest BCUT2D eigenvalue weighted by molar-refractivity contribution is -0.384. The van der Waals surface area contributed by atoms with Crippen molar-refractivity contribution in [1.29, 1.82) is 0 Å². The highest BCUT2D eigenvalue weighted by molar-refractivity contribution is 6.06. The number of carbonyl (C=O) groups is 2. The zero-order chi connectivity index (χ0) is 20.4. The van der Waals surface area contributed by atoms with E-state index in [1.165, 1.54) is 18.2 Å². The molecule has 1 unspecified atom stereocenters. The number of nitro benzene ring substituents is 1. The number of amides is 3. The van der Waals surface area contributed by atoms with Gasteiger partial charge in [-0.1, -0.05) is 18.2 Å². The lowest BCUT2D eigenvalue weighted by atomic mass is 9.94. The fraction of sp³-hybridized carbons (Fsp3) is 0.200. The fourth-order valence-electron chi connectivity index (χ4n) is 3.08. The van der Waals surface area contributed by atoms with Crippen LogP contribution in [0, 0.1) is 24.0 Å². The van der Waals surface area contributed by atoms with E-state index in [0.29, 0.717) is 22.5 Å². The van der Waals surface area contributed by atoms with Crippen molar-refractivity contribution in [2.45, 2.75) is 26.8 Å². The summed E-state index contributed by atoms with van der Waals surface area (Å²) in [6.45, 7) is 5.55. The molecule has 0 aliphatic carbocycles. The quantitative estimate of drug-likeness (QED) is 0.556. The number of nitrogens with one attached hydrogen (secondary N) is 3. The van der Waals surface area contributed by atoms with Crippen LogP contribution in [0.1, 0.15) is 29.7 Å². The Kier molecular flexibility index (Phi) is 5.12. The van der Waals surface area contributed by atoms with Crippen molar-refractivity contribution in [1.82, 2.24) is 10.6 Å². The summed E-state index contributed by atoms with van der Waals surface area (Å²) in [5, 5.41) is 19.2. The Morgan fingerprint density at radius 2 is 1.86 bits per heavy atom. The molecule has 0 saturated heterocycles. The SMILES string of the molecule is CC1=C(C(=O)Nc2ccc(C)c(C)c2)C(c2cccc([N+](=O)[O-])c2)NC(=O)N1. The van der Waals surface area contributed by atoms with Crippen molar-refractivity contribution in [2.24, 2.45) is 0 Å². The van der Waals surface area contributed by atoms with Gasteiger partial charge in [0.25, 0.3) is 11.6 Å². The van der Waals surface area contributed by atoms with Crippen LogP contribution in [-0.4, -0.2) is 16.9 Å². The van der Waals surface area contributed by atoms with E-state index in [1.54, 1.807) is 19.1 Å². The van der Waals surface area contributed by atoms with E-state index in [4.69, 9.17) is 0 Å². The minimum absolute atomic E-state index is 0.114. The second-order valence-electron chi connectivity index (χ2n) is 6.68. The molecule has 8 nitrogen and oxygen atoms in total. The molecular weight excluding hydrogens is 360 g/mol. The van der Waals surface area contributed by atoms with Crippen LogP contribution in [0.25, 0.3) is 0 Å². The average Bonchev–Trinajstić information content (AvgIpc) is 2.64. The molecule has 3 rings (SSSR count). The number of urea groups is 1. The molecule has 2 aromatic rings. The molecule has 3 N–H and O–H groups in total. The summed E-state index contributed by atoms with van der Waals surface area (Å²) < 4.78 is 0. The van der Waals surface area contributed by atoms with Gasteiger partial charge in [-0.15, -0.1) is 0 Å². The van der Waals surface area contributed by atoms with Gasteiger partial charge in [0, 0.05) is 23.5 Å². The second-order valence-corrected chi connectivity index (χ2v) is 6.68. The van der Waals surface area contributed by atoms with Crippen molar-refractivity contribution < 1.29 is 14.5 Å². The highest BCUT2D eigenvalue weighted by Gasteiger charge is 2.32. The van der Waals surface area contributed by atoms with Crippen molar-refractivity contribution in [3.63, 3.8) is 0 Å². The zero-order valence-electron chi connectivity index (χ0n) is 15.7. The summed E-state index contributed by atoms with van der Waals surface area (Å²) in [6.07, 6.45) is 0. The van der Waals surface area contributed by atoms with Gasteiger partial charge >= 0.3 is 6.03 Å². The van der Waals surface area contributed by atoms with Gasteiger partial charge in [-0.3, -0.25) is 14.9 Å². The fourth-order valence-corrected chi connectivity index (χ4v) is 3.08. The van der Waals surface area contributed by atoms with Gasteiger partial charge in [-0.05, 0) is 49.6 Å². The first kappa shape index (κ1) is 19.1. The van der Waals surface area contributed by atoms with Crippen LogP contribution in [-0.2, 0) is 4.79 Å². The van der Waals surface area contributed by atoms with Gasteiger partial charge in [0.2, 0.25) is 0 Å². The number of rotatable bonds is 4. The van der Waals surface area contributed by atoms with Crippen LogP contribution in [0.3, 0.4) is 0 Å². The number of benzene rings is 2. The monoisotopic (exact) mass is 380 g/mol. The minimum atomic E-state index is -0.805. The first-order valence-electron chi connectivity index (χ1n) is 8.67. The molecule has 3 amide bonds. The van der Waals surface area contributed by atoms with E-state index in [-0.39, 0.29) is 5.69 Å². The normalized spacial score (nSPS) is 16.2.